The average molecular weight is 383 g/mol. The summed E-state index contributed by atoms with van der Waals surface area (Å²) in [7, 11) is -2.60. The molecule has 0 unspecified atom stereocenters. The second-order valence-corrected chi connectivity index (χ2v) is 8.53. The Balaban J connectivity index is 1.97. The molecule has 5 nitrogen and oxygen atoms in total. The average Bonchev–Trinajstić information content (AvgIpc) is 2.65. The maximum absolute atomic E-state index is 12.9. The number of sulfonamides is 1. The highest BCUT2D eigenvalue weighted by molar-refractivity contribution is 7.89. The SMILES string of the molecule is Cc1ccc(S(=O)(=O)N(C)[C@@H](Cc2cccc3ccccc23)C(=O)O)cc1. The molecule has 0 heterocycles. The molecule has 27 heavy (non-hydrogen) atoms. The van der Waals surface area contributed by atoms with Gasteiger partial charge in [0.15, 0.2) is 0 Å². The van der Waals surface area contributed by atoms with Crippen LogP contribution in [-0.4, -0.2) is 36.9 Å². The van der Waals surface area contributed by atoms with Crippen molar-refractivity contribution in [1.82, 2.24) is 4.31 Å². The largest absolute Gasteiger partial charge is 0.480 e. The van der Waals surface area contributed by atoms with E-state index in [1.165, 1.54) is 19.2 Å². The summed E-state index contributed by atoms with van der Waals surface area (Å²) in [4.78, 5) is 12.0. The number of fused-ring (bicyclic) bond motifs is 1. The Labute approximate surface area is 158 Å². The molecule has 140 valence electrons. The number of nitrogens with zero attached hydrogens (tertiary/aromatic N) is 1. The van der Waals surface area contributed by atoms with E-state index in [0.29, 0.717) is 0 Å². The molecule has 0 aliphatic rings. The van der Waals surface area contributed by atoms with Gasteiger partial charge in [0, 0.05) is 13.5 Å². The van der Waals surface area contributed by atoms with E-state index in [9.17, 15) is 18.3 Å². The predicted molar refractivity (Wildman–Crippen MR) is 105 cm³/mol. The maximum atomic E-state index is 12.9. The van der Waals surface area contributed by atoms with Crippen molar-refractivity contribution in [2.45, 2.75) is 24.3 Å². The number of benzene rings is 3. The fourth-order valence-corrected chi connectivity index (χ4v) is 4.41. The lowest BCUT2D eigenvalue weighted by Gasteiger charge is -2.25. The lowest BCUT2D eigenvalue weighted by Crippen LogP contribution is -2.43. The molecule has 0 aliphatic carbocycles. The van der Waals surface area contributed by atoms with Crippen molar-refractivity contribution in [3.63, 3.8) is 0 Å². The lowest BCUT2D eigenvalue weighted by atomic mass is 9.99. The van der Waals surface area contributed by atoms with Gasteiger partial charge in [-0.15, -0.1) is 0 Å². The number of hydrogen-bond donors (Lipinski definition) is 1. The van der Waals surface area contributed by atoms with E-state index in [2.05, 4.69) is 0 Å². The molecule has 0 spiro atoms. The Morgan fingerprint density at radius 3 is 2.30 bits per heavy atom. The summed E-state index contributed by atoms with van der Waals surface area (Å²) in [6, 6.07) is 18.5. The van der Waals surface area contributed by atoms with Crippen LogP contribution in [0.25, 0.3) is 10.8 Å². The van der Waals surface area contributed by atoms with Crippen LogP contribution < -0.4 is 0 Å². The molecular weight excluding hydrogens is 362 g/mol. The van der Waals surface area contributed by atoms with Crippen molar-refractivity contribution in [3.05, 3.63) is 77.9 Å². The lowest BCUT2D eigenvalue weighted by molar-refractivity contribution is -0.141. The molecule has 3 aromatic carbocycles. The maximum Gasteiger partial charge on any atom is 0.322 e. The highest BCUT2D eigenvalue weighted by atomic mass is 32.2. The van der Waals surface area contributed by atoms with E-state index in [0.717, 1.165) is 26.2 Å². The van der Waals surface area contributed by atoms with Crippen LogP contribution >= 0.6 is 0 Å². The third-order valence-corrected chi connectivity index (χ3v) is 6.60. The minimum absolute atomic E-state index is 0.0816. The molecule has 0 fully saturated rings. The number of carboxylic acids is 1. The van der Waals surface area contributed by atoms with E-state index < -0.39 is 22.0 Å². The van der Waals surface area contributed by atoms with Gasteiger partial charge in [0.25, 0.3) is 0 Å². The standard InChI is InChI=1S/C21H21NO4S/c1-15-10-12-18(13-11-15)27(25,26)22(2)20(21(23)24)14-17-8-5-7-16-6-3-4-9-19(16)17/h3-13,20H,14H2,1-2H3,(H,23,24)/t20-/m0/s1. The third-order valence-electron chi connectivity index (χ3n) is 4.72. The quantitative estimate of drug-likeness (QED) is 0.707. The first-order chi connectivity index (χ1) is 12.8. The van der Waals surface area contributed by atoms with Gasteiger partial charge in [0.05, 0.1) is 4.90 Å². The van der Waals surface area contributed by atoms with Crippen molar-refractivity contribution < 1.29 is 18.3 Å². The van der Waals surface area contributed by atoms with Gasteiger partial charge in [-0.2, -0.15) is 4.31 Å². The Morgan fingerprint density at radius 1 is 1.00 bits per heavy atom. The summed E-state index contributed by atoms with van der Waals surface area (Å²) in [6.45, 7) is 1.86. The minimum Gasteiger partial charge on any atom is -0.480 e. The summed E-state index contributed by atoms with van der Waals surface area (Å²) >= 11 is 0. The molecule has 3 rings (SSSR count). The van der Waals surface area contributed by atoms with Gasteiger partial charge >= 0.3 is 5.97 Å². The molecule has 0 amide bonds. The Hall–Kier alpha value is -2.70. The van der Waals surface area contributed by atoms with Crippen molar-refractivity contribution in [2.75, 3.05) is 7.05 Å². The molecule has 0 aromatic heterocycles. The van der Waals surface area contributed by atoms with Gasteiger partial charge in [-0.25, -0.2) is 8.42 Å². The normalized spacial score (nSPS) is 13.0. The van der Waals surface area contributed by atoms with Crippen LogP contribution in [0.3, 0.4) is 0 Å². The highest BCUT2D eigenvalue weighted by Gasteiger charge is 2.33. The second kappa shape index (κ2) is 7.50. The number of hydrogen-bond acceptors (Lipinski definition) is 3. The van der Waals surface area contributed by atoms with Crippen LogP contribution in [0, 0.1) is 6.92 Å². The van der Waals surface area contributed by atoms with Crippen LogP contribution in [-0.2, 0) is 21.2 Å². The number of rotatable bonds is 6. The topological polar surface area (TPSA) is 74.7 Å². The number of aryl methyl sites for hydroxylation is 1. The van der Waals surface area contributed by atoms with Crippen molar-refractivity contribution in [2.24, 2.45) is 0 Å². The highest BCUT2D eigenvalue weighted by Crippen LogP contribution is 2.24. The zero-order valence-corrected chi connectivity index (χ0v) is 16.0. The first-order valence-electron chi connectivity index (χ1n) is 8.55. The summed E-state index contributed by atoms with van der Waals surface area (Å²) in [5.74, 6) is -1.18. The van der Waals surface area contributed by atoms with Gasteiger partial charge in [-0.3, -0.25) is 4.79 Å². The Bertz CT molecular complexity index is 1070. The molecule has 6 heteroatoms. The molecule has 0 radical (unpaired) electrons. The van der Waals surface area contributed by atoms with Crippen LogP contribution in [0.1, 0.15) is 11.1 Å². The van der Waals surface area contributed by atoms with Gasteiger partial charge in [0.1, 0.15) is 6.04 Å². The fraction of sp³-hybridized carbons (Fsp3) is 0.190. The van der Waals surface area contributed by atoms with E-state index in [1.807, 2.05) is 49.4 Å². The molecular formula is C21H21NO4S. The number of carboxylic acid groups (broad SMARTS) is 1. The number of likely N-dealkylation sites (N-methyl/N-ethyl adjacent to an activating group) is 1. The van der Waals surface area contributed by atoms with Gasteiger partial charge in [-0.1, -0.05) is 60.2 Å². The Morgan fingerprint density at radius 2 is 1.63 bits per heavy atom. The van der Waals surface area contributed by atoms with Crippen LogP contribution in [0.2, 0.25) is 0 Å². The van der Waals surface area contributed by atoms with E-state index >= 15 is 0 Å². The molecule has 0 aliphatic heterocycles. The smallest absolute Gasteiger partial charge is 0.322 e. The monoisotopic (exact) mass is 383 g/mol. The minimum atomic E-state index is -3.92. The summed E-state index contributed by atoms with van der Waals surface area (Å²) in [6.07, 6.45) is 0.0816. The molecule has 0 bridgehead atoms. The van der Waals surface area contributed by atoms with Gasteiger partial charge in [0.2, 0.25) is 10.0 Å². The molecule has 3 aromatic rings. The van der Waals surface area contributed by atoms with Crippen LogP contribution in [0.4, 0.5) is 0 Å². The van der Waals surface area contributed by atoms with Crippen LogP contribution in [0.5, 0.6) is 0 Å². The first kappa shape index (κ1) is 19.1. The predicted octanol–water partition coefficient (Wildman–Crippen LogP) is 3.46. The van der Waals surface area contributed by atoms with E-state index in [1.54, 1.807) is 12.1 Å². The number of aliphatic carboxylic acids is 1. The van der Waals surface area contributed by atoms with E-state index in [-0.39, 0.29) is 11.3 Å². The second-order valence-electron chi connectivity index (χ2n) is 6.53. The third kappa shape index (κ3) is 3.86. The van der Waals surface area contributed by atoms with Gasteiger partial charge in [-0.05, 0) is 35.4 Å². The van der Waals surface area contributed by atoms with Crippen molar-refractivity contribution in [3.8, 4) is 0 Å². The molecule has 1 atom stereocenters. The summed E-state index contributed by atoms with van der Waals surface area (Å²) < 4.78 is 26.8. The summed E-state index contributed by atoms with van der Waals surface area (Å²) in [5, 5.41) is 11.6. The fourth-order valence-electron chi connectivity index (χ4n) is 3.09. The van der Waals surface area contributed by atoms with Crippen LogP contribution in [0.15, 0.2) is 71.6 Å². The van der Waals surface area contributed by atoms with Crippen molar-refractivity contribution >= 4 is 26.8 Å². The van der Waals surface area contributed by atoms with Gasteiger partial charge < -0.3 is 5.11 Å². The number of carbonyl (C=O) groups is 1. The first-order valence-corrected chi connectivity index (χ1v) is 9.99. The Kier molecular flexibility index (Phi) is 5.30. The summed E-state index contributed by atoms with van der Waals surface area (Å²) in [5.41, 5.74) is 1.73. The van der Waals surface area contributed by atoms with E-state index in [4.69, 9.17) is 0 Å². The molecule has 0 saturated heterocycles. The molecule has 0 saturated carbocycles. The molecule has 1 N–H and O–H groups in total. The zero-order valence-electron chi connectivity index (χ0n) is 15.2. The van der Waals surface area contributed by atoms with Crippen molar-refractivity contribution in [1.29, 1.82) is 0 Å². The zero-order chi connectivity index (χ0) is 19.6.